The second-order valence-corrected chi connectivity index (χ2v) is 6.31. The number of hydrogen-bond acceptors (Lipinski definition) is 2. The van der Waals surface area contributed by atoms with E-state index in [0.717, 1.165) is 36.8 Å². The normalized spacial score (nSPS) is 16.0. The fourth-order valence-electron chi connectivity index (χ4n) is 2.99. The summed E-state index contributed by atoms with van der Waals surface area (Å²) in [5.41, 5.74) is 1.37. The Morgan fingerprint density at radius 1 is 1.30 bits per heavy atom. The van der Waals surface area contributed by atoms with E-state index in [-0.39, 0.29) is 18.4 Å². The number of H-pyrrole nitrogens is 1. The van der Waals surface area contributed by atoms with Crippen molar-refractivity contribution in [1.82, 2.24) is 14.8 Å². The standard InChI is InChI=1S/C17H20ClN3O2/c1-2-6-20-7-3-8-21(11-16(20)22)17(23)15-10-12-9-13(18)4-5-14(12)19-15/h4-5,9-10,19H,2-3,6-8,11H2,1H3. The first-order valence-corrected chi connectivity index (χ1v) is 8.31. The molecule has 0 radical (unpaired) electrons. The molecule has 0 spiro atoms. The van der Waals surface area contributed by atoms with Crippen molar-refractivity contribution in [1.29, 1.82) is 0 Å². The zero-order chi connectivity index (χ0) is 16.4. The molecule has 1 aliphatic rings. The molecule has 0 unspecified atom stereocenters. The molecule has 23 heavy (non-hydrogen) atoms. The van der Waals surface area contributed by atoms with Crippen molar-refractivity contribution in [3.05, 3.63) is 35.0 Å². The summed E-state index contributed by atoms with van der Waals surface area (Å²) in [7, 11) is 0. The molecule has 2 heterocycles. The van der Waals surface area contributed by atoms with E-state index in [1.54, 1.807) is 17.0 Å². The van der Waals surface area contributed by atoms with Crippen LogP contribution in [0.25, 0.3) is 10.9 Å². The van der Waals surface area contributed by atoms with E-state index in [2.05, 4.69) is 11.9 Å². The fraction of sp³-hybridized carbons (Fsp3) is 0.412. The average Bonchev–Trinajstić information content (AvgIpc) is 2.86. The summed E-state index contributed by atoms with van der Waals surface area (Å²) < 4.78 is 0. The van der Waals surface area contributed by atoms with Gasteiger partial charge in [0.25, 0.3) is 5.91 Å². The highest BCUT2D eigenvalue weighted by atomic mass is 35.5. The molecule has 6 heteroatoms. The van der Waals surface area contributed by atoms with Gasteiger partial charge in [-0.25, -0.2) is 0 Å². The largest absolute Gasteiger partial charge is 0.351 e. The summed E-state index contributed by atoms with van der Waals surface area (Å²) in [6.07, 6.45) is 1.74. The highest BCUT2D eigenvalue weighted by Crippen LogP contribution is 2.21. The minimum atomic E-state index is -0.135. The number of amides is 2. The van der Waals surface area contributed by atoms with Crippen LogP contribution in [-0.2, 0) is 4.79 Å². The summed E-state index contributed by atoms with van der Waals surface area (Å²) in [4.78, 5) is 31.6. The summed E-state index contributed by atoms with van der Waals surface area (Å²) in [5, 5.41) is 1.53. The number of aromatic amines is 1. The predicted molar refractivity (Wildman–Crippen MR) is 90.7 cm³/mol. The van der Waals surface area contributed by atoms with Gasteiger partial charge < -0.3 is 14.8 Å². The molecule has 1 N–H and O–H groups in total. The monoisotopic (exact) mass is 333 g/mol. The highest BCUT2D eigenvalue weighted by Gasteiger charge is 2.26. The molecule has 0 atom stereocenters. The van der Waals surface area contributed by atoms with E-state index in [0.29, 0.717) is 17.3 Å². The van der Waals surface area contributed by atoms with Gasteiger partial charge in [0.2, 0.25) is 5.91 Å². The van der Waals surface area contributed by atoms with Crippen molar-refractivity contribution in [2.45, 2.75) is 19.8 Å². The average molecular weight is 334 g/mol. The van der Waals surface area contributed by atoms with Gasteiger partial charge in [0.15, 0.2) is 0 Å². The molecule has 1 aromatic heterocycles. The van der Waals surface area contributed by atoms with Crippen LogP contribution in [0.1, 0.15) is 30.3 Å². The number of benzene rings is 1. The van der Waals surface area contributed by atoms with Gasteiger partial charge in [0.05, 0.1) is 0 Å². The van der Waals surface area contributed by atoms with Crippen LogP contribution in [0.3, 0.4) is 0 Å². The molecular weight excluding hydrogens is 314 g/mol. The Bertz CT molecular complexity index is 741. The Hall–Kier alpha value is -2.01. The first kappa shape index (κ1) is 15.9. The molecular formula is C17H20ClN3O2. The molecule has 2 aromatic rings. The smallest absolute Gasteiger partial charge is 0.270 e. The molecule has 5 nitrogen and oxygen atoms in total. The lowest BCUT2D eigenvalue weighted by molar-refractivity contribution is -0.130. The third kappa shape index (κ3) is 3.34. The van der Waals surface area contributed by atoms with Crippen molar-refractivity contribution < 1.29 is 9.59 Å². The number of hydrogen-bond donors (Lipinski definition) is 1. The van der Waals surface area contributed by atoms with Gasteiger partial charge >= 0.3 is 0 Å². The lowest BCUT2D eigenvalue weighted by Gasteiger charge is -2.21. The van der Waals surface area contributed by atoms with Crippen LogP contribution >= 0.6 is 11.6 Å². The number of fused-ring (bicyclic) bond motifs is 1. The summed E-state index contributed by atoms with van der Waals surface area (Å²) in [6.45, 7) is 4.27. The van der Waals surface area contributed by atoms with Gasteiger partial charge in [0, 0.05) is 35.6 Å². The summed E-state index contributed by atoms with van der Waals surface area (Å²) in [6, 6.07) is 7.25. The van der Waals surface area contributed by atoms with Crippen molar-refractivity contribution in [2.75, 3.05) is 26.2 Å². The fourth-order valence-corrected chi connectivity index (χ4v) is 3.17. The Morgan fingerprint density at radius 2 is 2.13 bits per heavy atom. The molecule has 122 valence electrons. The third-order valence-corrected chi connectivity index (χ3v) is 4.36. The van der Waals surface area contributed by atoms with Gasteiger partial charge in [-0.05, 0) is 37.1 Å². The van der Waals surface area contributed by atoms with Crippen LogP contribution in [-0.4, -0.2) is 52.8 Å². The predicted octanol–water partition coefficient (Wildman–Crippen LogP) is 2.91. The number of halogens is 1. The molecule has 2 amide bonds. The molecule has 1 saturated heterocycles. The zero-order valence-electron chi connectivity index (χ0n) is 13.1. The molecule has 0 bridgehead atoms. The quantitative estimate of drug-likeness (QED) is 0.939. The molecule has 0 saturated carbocycles. The highest BCUT2D eigenvalue weighted by molar-refractivity contribution is 6.31. The van der Waals surface area contributed by atoms with Gasteiger partial charge in [-0.3, -0.25) is 9.59 Å². The van der Waals surface area contributed by atoms with Gasteiger partial charge in [-0.1, -0.05) is 18.5 Å². The van der Waals surface area contributed by atoms with Crippen molar-refractivity contribution >= 4 is 34.3 Å². The number of aromatic nitrogens is 1. The minimum Gasteiger partial charge on any atom is -0.351 e. The van der Waals surface area contributed by atoms with Crippen molar-refractivity contribution in [3.63, 3.8) is 0 Å². The third-order valence-electron chi connectivity index (χ3n) is 4.13. The van der Waals surface area contributed by atoms with Gasteiger partial charge in [-0.15, -0.1) is 0 Å². The molecule has 1 aliphatic heterocycles. The van der Waals surface area contributed by atoms with Gasteiger partial charge in [-0.2, -0.15) is 0 Å². The van der Waals surface area contributed by atoms with Crippen LogP contribution in [0.15, 0.2) is 24.3 Å². The van der Waals surface area contributed by atoms with Crippen LogP contribution in [0.2, 0.25) is 5.02 Å². The van der Waals surface area contributed by atoms with E-state index in [1.807, 2.05) is 17.0 Å². The van der Waals surface area contributed by atoms with Crippen molar-refractivity contribution in [2.24, 2.45) is 0 Å². The van der Waals surface area contributed by atoms with E-state index in [1.165, 1.54) is 0 Å². The zero-order valence-corrected chi connectivity index (χ0v) is 13.9. The van der Waals surface area contributed by atoms with Crippen LogP contribution < -0.4 is 0 Å². The Labute approximate surface area is 140 Å². The van der Waals surface area contributed by atoms with Crippen LogP contribution in [0.5, 0.6) is 0 Å². The van der Waals surface area contributed by atoms with E-state index in [9.17, 15) is 9.59 Å². The topological polar surface area (TPSA) is 56.4 Å². The summed E-state index contributed by atoms with van der Waals surface area (Å²) in [5.74, 6) is -0.110. The SMILES string of the molecule is CCCN1CCCN(C(=O)c2cc3cc(Cl)ccc3[nH]2)CC1=O. The molecule has 0 aliphatic carbocycles. The minimum absolute atomic E-state index is 0.0249. The van der Waals surface area contributed by atoms with Crippen LogP contribution in [0.4, 0.5) is 0 Å². The number of rotatable bonds is 3. The Morgan fingerprint density at radius 3 is 2.91 bits per heavy atom. The second kappa shape index (κ2) is 6.62. The first-order valence-electron chi connectivity index (χ1n) is 7.94. The lowest BCUT2D eigenvalue weighted by atomic mass is 10.2. The van der Waals surface area contributed by atoms with Crippen LogP contribution in [0, 0.1) is 0 Å². The van der Waals surface area contributed by atoms with Gasteiger partial charge in [0.1, 0.15) is 12.2 Å². The van der Waals surface area contributed by atoms with E-state index >= 15 is 0 Å². The first-order chi connectivity index (χ1) is 11.1. The molecule has 3 rings (SSSR count). The van der Waals surface area contributed by atoms with E-state index in [4.69, 9.17) is 11.6 Å². The number of nitrogens with zero attached hydrogens (tertiary/aromatic N) is 2. The van der Waals surface area contributed by atoms with Crippen molar-refractivity contribution in [3.8, 4) is 0 Å². The molecule has 1 aromatic carbocycles. The Balaban J connectivity index is 1.79. The number of carbonyl (C=O) groups is 2. The second-order valence-electron chi connectivity index (χ2n) is 5.88. The number of nitrogens with one attached hydrogen (secondary N) is 1. The summed E-state index contributed by atoms with van der Waals surface area (Å²) >= 11 is 5.98. The van der Waals surface area contributed by atoms with E-state index < -0.39 is 0 Å². The lowest BCUT2D eigenvalue weighted by Crippen LogP contribution is -2.39. The maximum atomic E-state index is 12.7. The maximum Gasteiger partial charge on any atom is 0.270 e. The Kier molecular flexibility index (Phi) is 4.57. The molecule has 1 fully saturated rings. The maximum absolute atomic E-state index is 12.7. The number of carbonyl (C=O) groups excluding carboxylic acids is 2.